The molecule has 0 saturated carbocycles. The molecule has 1 heterocycles. The maximum absolute atomic E-state index is 11.9. The molecule has 0 bridgehead atoms. The second kappa shape index (κ2) is 4.57. The molecule has 0 aliphatic carbocycles. The van der Waals surface area contributed by atoms with Gasteiger partial charge in [0.1, 0.15) is 0 Å². The van der Waals surface area contributed by atoms with Gasteiger partial charge in [-0.15, -0.1) is 0 Å². The van der Waals surface area contributed by atoms with Crippen molar-refractivity contribution in [2.75, 3.05) is 26.3 Å². The molecule has 6 heteroatoms. The third-order valence-corrected chi connectivity index (χ3v) is 4.88. The van der Waals surface area contributed by atoms with Crippen LogP contribution in [0.15, 0.2) is 0 Å². The van der Waals surface area contributed by atoms with Gasteiger partial charge in [0.2, 0.25) is 10.0 Å². The first-order valence-corrected chi connectivity index (χ1v) is 6.29. The van der Waals surface area contributed by atoms with E-state index in [1.165, 1.54) is 4.31 Å². The van der Waals surface area contributed by atoms with Gasteiger partial charge in [0, 0.05) is 19.1 Å². The molecule has 1 aliphatic rings. The number of rotatable bonds is 3. The summed E-state index contributed by atoms with van der Waals surface area (Å²) in [5.74, 6) is 0. The van der Waals surface area contributed by atoms with E-state index in [9.17, 15) is 8.42 Å². The lowest BCUT2D eigenvalue weighted by Crippen LogP contribution is -2.51. The van der Waals surface area contributed by atoms with Crippen molar-refractivity contribution < 1.29 is 13.2 Å². The summed E-state index contributed by atoms with van der Waals surface area (Å²) < 4.78 is 30.5. The van der Waals surface area contributed by atoms with Crippen LogP contribution in [0.1, 0.15) is 13.8 Å². The normalized spacial score (nSPS) is 27.5. The summed E-state index contributed by atoms with van der Waals surface area (Å²) in [7, 11) is -3.23. The number of nitrogens with zero attached hydrogens (tertiary/aromatic N) is 1. The highest BCUT2D eigenvalue weighted by Gasteiger charge is 2.33. The molecule has 0 aromatic heterocycles. The summed E-state index contributed by atoms with van der Waals surface area (Å²) in [5.41, 5.74) is 5.37. The minimum Gasteiger partial charge on any atom is -0.378 e. The summed E-state index contributed by atoms with van der Waals surface area (Å²) in [5, 5.41) is -0.511. The van der Waals surface area contributed by atoms with Gasteiger partial charge in [-0.2, -0.15) is 4.31 Å². The standard InChI is InChI=1S/C8H18N2O3S/c1-7-6-13-4-3-10(7)14(11,12)8(2)5-9/h7-8H,3-6,9H2,1-2H3. The average molecular weight is 222 g/mol. The summed E-state index contributed by atoms with van der Waals surface area (Å²) >= 11 is 0. The lowest BCUT2D eigenvalue weighted by Gasteiger charge is -2.33. The summed E-state index contributed by atoms with van der Waals surface area (Å²) in [6.07, 6.45) is 0. The number of nitrogens with two attached hydrogens (primary N) is 1. The molecule has 1 fully saturated rings. The van der Waals surface area contributed by atoms with Crippen molar-refractivity contribution in [3.63, 3.8) is 0 Å². The zero-order valence-electron chi connectivity index (χ0n) is 8.64. The largest absolute Gasteiger partial charge is 0.378 e. The second-order valence-corrected chi connectivity index (χ2v) is 5.93. The Morgan fingerprint density at radius 1 is 1.64 bits per heavy atom. The van der Waals surface area contributed by atoms with Gasteiger partial charge < -0.3 is 10.5 Å². The minimum absolute atomic E-state index is 0.0808. The van der Waals surface area contributed by atoms with Crippen LogP contribution in [0.3, 0.4) is 0 Å². The second-order valence-electron chi connectivity index (χ2n) is 3.63. The van der Waals surface area contributed by atoms with Crippen LogP contribution in [-0.4, -0.2) is 50.3 Å². The van der Waals surface area contributed by atoms with Crippen molar-refractivity contribution in [3.05, 3.63) is 0 Å². The molecule has 2 unspecified atom stereocenters. The van der Waals surface area contributed by atoms with Crippen molar-refractivity contribution in [1.29, 1.82) is 0 Å². The van der Waals surface area contributed by atoms with Crippen LogP contribution in [0.4, 0.5) is 0 Å². The van der Waals surface area contributed by atoms with E-state index >= 15 is 0 Å². The summed E-state index contributed by atoms with van der Waals surface area (Å²) in [4.78, 5) is 0. The van der Waals surface area contributed by atoms with Gasteiger partial charge in [-0.1, -0.05) is 0 Å². The Labute approximate surface area is 85.3 Å². The average Bonchev–Trinajstić information content (AvgIpc) is 2.17. The maximum atomic E-state index is 11.9. The zero-order chi connectivity index (χ0) is 10.8. The lowest BCUT2D eigenvalue weighted by molar-refractivity contribution is 0.0389. The third-order valence-electron chi connectivity index (χ3n) is 2.47. The molecular formula is C8H18N2O3S. The van der Waals surface area contributed by atoms with Gasteiger partial charge >= 0.3 is 0 Å². The highest BCUT2D eigenvalue weighted by Crippen LogP contribution is 2.15. The van der Waals surface area contributed by atoms with E-state index in [2.05, 4.69) is 0 Å². The molecule has 0 aromatic carbocycles. The molecule has 84 valence electrons. The van der Waals surface area contributed by atoms with Crippen LogP contribution in [-0.2, 0) is 14.8 Å². The van der Waals surface area contributed by atoms with E-state index in [0.29, 0.717) is 19.8 Å². The third kappa shape index (κ3) is 2.25. The first-order chi connectivity index (χ1) is 6.50. The molecule has 5 nitrogen and oxygen atoms in total. The Morgan fingerprint density at radius 2 is 2.29 bits per heavy atom. The van der Waals surface area contributed by atoms with Crippen molar-refractivity contribution in [2.24, 2.45) is 5.73 Å². The monoisotopic (exact) mass is 222 g/mol. The van der Waals surface area contributed by atoms with E-state index in [1.54, 1.807) is 6.92 Å². The molecule has 2 atom stereocenters. The van der Waals surface area contributed by atoms with E-state index in [4.69, 9.17) is 10.5 Å². The quantitative estimate of drug-likeness (QED) is 0.691. The maximum Gasteiger partial charge on any atom is 0.218 e. The van der Waals surface area contributed by atoms with Gasteiger partial charge in [0.05, 0.1) is 18.5 Å². The predicted molar refractivity (Wildman–Crippen MR) is 54.4 cm³/mol. The molecule has 0 aromatic rings. The molecule has 0 spiro atoms. The highest BCUT2D eigenvalue weighted by atomic mass is 32.2. The van der Waals surface area contributed by atoms with E-state index in [0.717, 1.165) is 0 Å². The van der Waals surface area contributed by atoms with Gasteiger partial charge in [0.25, 0.3) is 0 Å². The zero-order valence-corrected chi connectivity index (χ0v) is 9.46. The fraction of sp³-hybridized carbons (Fsp3) is 1.00. The molecular weight excluding hydrogens is 204 g/mol. The summed E-state index contributed by atoms with van der Waals surface area (Å²) in [6.45, 7) is 5.02. The minimum atomic E-state index is -3.23. The first kappa shape index (κ1) is 11.9. The van der Waals surface area contributed by atoms with Crippen molar-refractivity contribution in [3.8, 4) is 0 Å². The molecule has 0 amide bonds. The fourth-order valence-corrected chi connectivity index (χ4v) is 3.04. The molecule has 2 N–H and O–H groups in total. The molecule has 0 radical (unpaired) electrons. The van der Waals surface area contributed by atoms with Crippen LogP contribution < -0.4 is 5.73 Å². The molecule has 14 heavy (non-hydrogen) atoms. The van der Waals surface area contributed by atoms with E-state index in [1.807, 2.05) is 6.92 Å². The van der Waals surface area contributed by atoms with Crippen LogP contribution >= 0.6 is 0 Å². The Balaban J connectivity index is 2.80. The van der Waals surface area contributed by atoms with E-state index < -0.39 is 15.3 Å². The number of hydrogen-bond acceptors (Lipinski definition) is 4. The van der Waals surface area contributed by atoms with Crippen LogP contribution in [0, 0.1) is 0 Å². The van der Waals surface area contributed by atoms with Crippen molar-refractivity contribution >= 4 is 10.0 Å². The van der Waals surface area contributed by atoms with Gasteiger partial charge in [0.15, 0.2) is 0 Å². The molecule has 1 rings (SSSR count). The smallest absolute Gasteiger partial charge is 0.218 e. The Morgan fingerprint density at radius 3 is 2.79 bits per heavy atom. The van der Waals surface area contributed by atoms with Gasteiger partial charge in [-0.05, 0) is 13.8 Å². The number of hydrogen-bond donors (Lipinski definition) is 1. The number of morpholine rings is 1. The fourth-order valence-electron chi connectivity index (χ4n) is 1.44. The number of ether oxygens (including phenoxy) is 1. The lowest BCUT2D eigenvalue weighted by atomic mass is 10.3. The Hall–Kier alpha value is -0.170. The topological polar surface area (TPSA) is 72.6 Å². The van der Waals surface area contributed by atoms with E-state index in [-0.39, 0.29) is 12.6 Å². The van der Waals surface area contributed by atoms with Crippen molar-refractivity contribution in [1.82, 2.24) is 4.31 Å². The molecule has 1 saturated heterocycles. The van der Waals surface area contributed by atoms with Crippen LogP contribution in [0.25, 0.3) is 0 Å². The highest BCUT2D eigenvalue weighted by molar-refractivity contribution is 7.89. The SMILES string of the molecule is CC1COCCN1S(=O)(=O)C(C)CN. The van der Waals surface area contributed by atoms with Crippen molar-refractivity contribution in [2.45, 2.75) is 25.1 Å². The summed E-state index contributed by atoms with van der Waals surface area (Å²) in [6, 6.07) is -0.0808. The Bertz CT molecular complexity index is 278. The predicted octanol–water partition coefficient (Wildman–Crippen LogP) is -0.616. The van der Waals surface area contributed by atoms with Crippen LogP contribution in [0.2, 0.25) is 0 Å². The Kier molecular flexibility index (Phi) is 3.88. The number of sulfonamides is 1. The van der Waals surface area contributed by atoms with Crippen LogP contribution in [0.5, 0.6) is 0 Å². The van der Waals surface area contributed by atoms with Gasteiger partial charge in [-0.3, -0.25) is 0 Å². The first-order valence-electron chi connectivity index (χ1n) is 4.78. The van der Waals surface area contributed by atoms with Gasteiger partial charge in [-0.25, -0.2) is 8.42 Å². The molecule has 1 aliphatic heterocycles.